The van der Waals surface area contributed by atoms with Gasteiger partial charge in [0.25, 0.3) is 0 Å². The molecule has 4 bridgehead atoms. The second-order valence-electron chi connectivity index (χ2n) is 7.91. The summed E-state index contributed by atoms with van der Waals surface area (Å²) in [6.45, 7) is 1.94. The first kappa shape index (κ1) is 13.8. The highest BCUT2D eigenvalue weighted by Gasteiger charge is 2.59. The van der Waals surface area contributed by atoms with E-state index in [1.165, 1.54) is 6.42 Å². The van der Waals surface area contributed by atoms with Crippen molar-refractivity contribution in [3.63, 3.8) is 0 Å². The van der Waals surface area contributed by atoms with Gasteiger partial charge in [-0.05, 0) is 68.8 Å². The minimum absolute atomic E-state index is 0.0397. The van der Waals surface area contributed by atoms with E-state index in [4.69, 9.17) is 0 Å². The van der Waals surface area contributed by atoms with Crippen LogP contribution in [0.15, 0.2) is 23.8 Å². The van der Waals surface area contributed by atoms with Gasteiger partial charge in [0.15, 0.2) is 0 Å². The minimum atomic E-state index is -2.17. The minimum Gasteiger partial charge on any atom is -0.390 e. The molecule has 0 aromatic heterocycles. The van der Waals surface area contributed by atoms with Gasteiger partial charge in [0.2, 0.25) is 10.3 Å². The van der Waals surface area contributed by atoms with Crippen LogP contribution in [0.3, 0.4) is 0 Å². The Balaban J connectivity index is 1.80. The van der Waals surface area contributed by atoms with Crippen LogP contribution < -0.4 is 0 Å². The maximum Gasteiger partial charge on any atom is 0.217 e. The molecular weight excluding hydrogens is 284 g/mol. The Kier molecular flexibility index (Phi) is 2.84. The summed E-state index contributed by atoms with van der Waals surface area (Å²) in [5.74, 6) is 1.12. The molecule has 5 rings (SSSR count). The lowest BCUT2D eigenvalue weighted by molar-refractivity contribution is -0.169. The third kappa shape index (κ3) is 2.07. The van der Waals surface area contributed by atoms with E-state index >= 15 is 0 Å². The molecular formula is C17H22O3S. The third-order valence-electron chi connectivity index (χ3n) is 6.16. The van der Waals surface area contributed by atoms with Gasteiger partial charge >= 0.3 is 0 Å². The molecule has 114 valence electrons. The fourth-order valence-electron chi connectivity index (χ4n) is 6.01. The van der Waals surface area contributed by atoms with Crippen molar-refractivity contribution in [1.82, 2.24) is 0 Å². The van der Waals surface area contributed by atoms with E-state index in [0.717, 1.165) is 37.7 Å². The summed E-state index contributed by atoms with van der Waals surface area (Å²) in [4.78, 5) is 0.528. The van der Waals surface area contributed by atoms with Crippen molar-refractivity contribution in [1.29, 1.82) is 0 Å². The molecule has 4 heteroatoms. The molecule has 0 amide bonds. The number of aliphatic hydroxyl groups is 1. The summed E-state index contributed by atoms with van der Waals surface area (Å²) in [5, 5.41) is 10.9. The monoisotopic (exact) mass is 306 g/mol. The second-order valence-corrected chi connectivity index (χ2v) is 8.85. The Morgan fingerprint density at radius 3 is 2.43 bits per heavy atom. The summed E-state index contributed by atoms with van der Waals surface area (Å²) in [6, 6.07) is 0. The molecule has 4 fully saturated rings. The third-order valence-corrected chi connectivity index (χ3v) is 6.91. The van der Waals surface area contributed by atoms with Crippen LogP contribution in [0.5, 0.6) is 0 Å². The van der Waals surface area contributed by atoms with Gasteiger partial charge in [0, 0.05) is 5.92 Å². The number of hydrogen-bond donors (Lipinski definition) is 1. The Morgan fingerprint density at radius 1 is 1.19 bits per heavy atom. The van der Waals surface area contributed by atoms with E-state index in [1.807, 2.05) is 19.1 Å². The van der Waals surface area contributed by atoms with Crippen molar-refractivity contribution in [2.45, 2.75) is 51.0 Å². The van der Waals surface area contributed by atoms with Crippen LogP contribution in [-0.2, 0) is 10.3 Å². The Hall–Kier alpha value is -0.870. The van der Waals surface area contributed by atoms with Gasteiger partial charge in [-0.25, -0.2) is 0 Å². The predicted molar refractivity (Wildman–Crippen MR) is 82.4 cm³/mol. The molecule has 3 atom stereocenters. The first-order chi connectivity index (χ1) is 9.89. The highest BCUT2D eigenvalue weighted by molar-refractivity contribution is 7.73. The predicted octanol–water partition coefficient (Wildman–Crippen LogP) is 2.50. The molecule has 0 spiro atoms. The SMILES string of the molecule is CC1=CC(=S(=O)=O)C(C23CC4CC(CC(O)(C4)C2)C3)C=C1. The van der Waals surface area contributed by atoms with Crippen LogP contribution >= 0.6 is 0 Å². The summed E-state index contributed by atoms with van der Waals surface area (Å²) in [7, 11) is -2.17. The molecule has 0 aliphatic heterocycles. The van der Waals surface area contributed by atoms with E-state index < -0.39 is 15.9 Å². The molecule has 1 N–H and O–H groups in total. The summed E-state index contributed by atoms with van der Waals surface area (Å²) in [6.07, 6.45) is 11.9. The zero-order chi connectivity index (χ0) is 14.8. The first-order valence-electron chi connectivity index (χ1n) is 7.94. The topological polar surface area (TPSA) is 54.4 Å². The second kappa shape index (κ2) is 4.32. The van der Waals surface area contributed by atoms with Gasteiger partial charge in [0.1, 0.15) is 0 Å². The van der Waals surface area contributed by atoms with Gasteiger partial charge in [0.05, 0.1) is 10.5 Å². The molecule has 0 heterocycles. The number of hydrogen-bond acceptors (Lipinski definition) is 3. The van der Waals surface area contributed by atoms with Crippen LogP contribution in [0.1, 0.15) is 45.4 Å². The van der Waals surface area contributed by atoms with Crippen molar-refractivity contribution >= 4 is 15.2 Å². The van der Waals surface area contributed by atoms with E-state index in [2.05, 4.69) is 6.08 Å². The van der Waals surface area contributed by atoms with Gasteiger partial charge in [-0.2, -0.15) is 8.42 Å². The zero-order valence-electron chi connectivity index (χ0n) is 12.4. The molecule has 4 saturated carbocycles. The lowest BCUT2D eigenvalue weighted by Crippen LogP contribution is -2.58. The van der Waals surface area contributed by atoms with Crippen molar-refractivity contribution < 1.29 is 13.5 Å². The van der Waals surface area contributed by atoms with Crippen LogP contribution in [0.4, 0.5) is 0 Å². The Morgan fingerprint density at radius 2 is 1.86 bits per heavy atom. The molecule has 0 aromatic rings. The highest BCUT2D eigenvalue weighted by atomic mass is 32.2. The smallest absolute Gasteiger partial charge is 0.217 e. The first-order valence-corrected chi connectivity index (χ1v) is 9.02. The highest BCUT2D eigenvalue weighted by Crippen LogP contribution is 2.64. The average Bonchev–Trinajstić information content (AvgIpc) is 2.35. The van der Waals surface area contributed by atoms with Crippen LogP contribution in [-0.4, -0.2) is 24.0 Å². The van der Waals surface area contributed by atoms with Crippen LogP contribution in [0.25, 0.3) is 0 Å². The Labute approximate surface area is 127 Å². The molecule has 21 heavy (non-hydrogen) atoms. The molecule has 0 radical (unpaired) electrons. The summed E-state index contributed by atoms with van der Waals surface area (Å²) in [5.41, 5.74) is 0.417. The molecule has 0 saturated heterocycles. The van der Waals surface area contributed by atoms with Crippen molar-refractivity contribution in [3.8, 4) is 0 Å². The zero-order valence-corrected chi connectivity index (χ0v) is 13.2. The number of allylic oxidation sites excluding steroid dienone is 4. The molecule has 3 nitrogen and oxygen atoms in total. The van der Waals surface area contributed by atoms with Crippen LogP contribution in [0.2, 0.25) is 0 Å². The quantitative estimate of drug-likeness (QED) is 0.757. The molecule has 5 aliphatic rings. The van der Waals surface area contributed by atoms with Gasteiger partial charge in [-0.15, -0.1) is 0 Å². The van der Waals surface area contributed by atoms with Crippen molar-refractivity contribution in [2.75, 3.05) is 0 Å². The van der Waals surface area contributed by atoms with Crippen molar-refractivity contribution in [2.24, 2.45) is 23.2 Å². The molecule has 0 aromatic carbocycles. The van der Waals surface area contributed by atoms with Gasteiger partial charge < -0.3 is 5.11 Å². The summed E-state index contributed by atoms with van der Waals surface area (Å²) < 4.78 is 23.4. The van der Waals surface area contributed by atoms with Crippen LogP contribution in [0, 0.1) is 23.2 Å². The van der Waals surface area contributed by atoms with E-state index in [0.29, 0.717) is 16.7 Å². The normalized spacial score (nSPS) is 47.6. The average molecular weight is 306 g/mol. The lowest BCUT2D eigenvalue weighted by atomic mass is 9.44. The van der Waals surface area contributed by atoms with Gasteiger partial charge in [-0.3, -0.25) is 0 Å². The maximum atomic E-state index is 11.7. The van der Waals surface area contributed by atoms with E-state index in [1.54, 1.807) is 0 Å². The lowest BCUT2D eigenvalue weighted by Gasteiger charge is -2.62. The Bertz CT molecular complexity index is 661. The number of rotatable bonds is 1. The largest absolute Gasteiger partial charge is 0.390 e. The maximum absolute atomic E-state index is 11.7. The standard InChI is InChI=1S/C17H22O3S/c1-11-2-3-14(15(4-11)21(19)20)16-6-12-5-13(7-16)9-17(18,8-12)10-16/h2-4,12-14,18H,5-10H2,1H3. The molecule has 3 unspecified atom stereocenters. The van der Waals surface area contributed by atoms with E-state index in [9.17, 15) is 13.5 Å². The fraction of sp³-hybridized carbons (Fsp3) is 0.706. The van der Waals surface area contributed by atoms with Gasteiger partial charge in [-0.1, -0.05) is 17.7 Å². The van der Waals surface area contributed by atoms with Crippen molar-refractivity contribution in [3.05, 3.63) is 23.8 Å². The fourth-order valence-corrected chi connectivity index (χ4v) is 6.83. The summed E-state index contributed by atoms with van der Waals surface area (Å²) >= 11 is 0. The molecule has 5 aliphatic carbocycles. The van der Waals surface area contributed by atoms with E-state index in [-0.39, 0.29) is 11.3 Å².